The number of nitrogens with zero attached hydrogens (tertiary/aromatic N) is 1. The highest BCUT2D eigenvalue weighted by atomic mass is 16.2. The molecule has 1 aliphatic heterocycles. The van der Waals surface area contributed by atoms with E-state index in [1.807, 2.05) is 11.0 Å². The molecule has 4 heteroatoms. The zero-order valence-electron chi connectivity index (χ0n) is 14.8. The topological polar surface area (TPSA) is 49.4 Å². The van der Waals surface area contributed by atoms with Crippen LogP contribution in [0.3, 0.4) is 0 Å². The lowest BCUT2D eigenvalue weighted by atomic mass is 10.1. The van der Waals surface area contributed by atoms with Gasteiger partial charge in [-0.25, -0.2) is 0 Å². The summed E-state index contributed by atoms with van der Waals surface area (Å²) in [5, 5.41) is 3.13. The second-order valence-electron chi connectivity index (χ2n) is 7.93. The van der Waals surface area contributed by atoms with Crippen molar-refractivity contribution in [2.24, 2.45) is 11.8 Å². The number of benzene rings is 1. The Labute approximate surface area is 150 Å². The molecule has 134 valence electrons. The number of hydrogen-bond donors (Lipinski definition) is 1. The van der Waals surface area contributed by atoms with Gasteiger partial charge in [0.15, 0.2) is 0 Å². The molecule has 1 heterocycles. The van der Waals surface area contributed by atoms with Gasteiger partial charge < -0.3 is 10.2 Å². The lowest BCUT2D eigenvalue weighted by Gasteiger charge is -2.26. The zero-order chi connectivity index (χ0) is 17.2. The SMILES string of the molecule is O=C(NC[C@@H]1C[C@H]1c1ccccc1)[C@H]1CCCN1C(=O)C1CCCC1. The summed E-state index contributed by atoms with van der Waals surface area (Å²) in [7, 11) is 0. The molecule has 0 radical (unpaired) electrons. The molecule has 3 fully saturated rings. The Morgan fingerprint density at radius 1 is 1.04 bits per heavy atom. The molecule has 0 spiro atoms. The van der Waals surface area contributed by atoms with Crippen molar-refractivity contribution in [3.05, 3.63) is 35.9 Å². The van der Waals surface area contributed by atoms with Gasteiger partial charge in [0.05, 0.1) is 0 Å². The van der Waals surface area contributed by atoms with Crippen LogP contribution in [0, 0.1) is 11.8 Å². The fraction of sp³-hybridized carbons (Fsp3) is 0.619. The fourth-order valence-electron chi connectivity index (χ4n) is 4.64. The highest BCUT2D eigenvalue weighted by molar-refractivity contribution is 5.89. The van der Waals surface area contributed by atoms with Gasteiger partial charge in [0.25, 0.3) is 0 Å². The molecular weight excluding hydrogens is 312 g/mol. The van der Waals surface area contributed by atoms with E-state index in [2.05, 4.69) is 29.6 Å². The molecule has 1 saturated heterocycles. The number of carbonyl (C=O) groups excluding carboxylic acids is 2. The van der Waals surface area contributed by atoms with Crippen LogP contribution in [0.15, 0.2) is 30.3 Å². The van der Waals surface area contributed by atoms with Gasteiger partial charge >= 0.3 is 0 Å². The molecule has 2 amide bonds. The maximum Gasteiger partial charge on any atom is 0.242 e. The molecule has 0 unspecified atom stereocenters. The van der Waals surface area contributed by atoms with Gasteiger partial charge in [0.1, 0.15) is 6.04 Å². The van der Waals surface area contributed by atoms with E-state index in [9.17, 15) is 9.59 Å². The van der Waals surface area contributed by atoms with E-state index in [0.29, 0.717) is 11.8 Å². The van der Waals surface area contributed by atoms with Crippen LogP contribution in [0.4, 0.5) is 0 Å². The fourth-order valence-corrected chi connectivity index (χ4v) is 4.64. The van der Waals surface area contributed by atoms with Crippen molar-refractivity contribution in [2.45, 2.75) is 56.9 Å². The van der Waals surface area contributed by atoms with E-state index in [1.165, 1.54) is 5.56 Å². The second-order valence-corrected chi connectivity index (χ2v) is 7.93. The van der Waals surface area contributed by atoms with Gasteiger partial charge in [-0.1, -0.05) is 43.2 Å². The van der Waals surface area contributed by atoms with Crippen LogP contribution in [0.5, 0.6) is 0 Å². The Morgan fingerprint density at radius 2 is 1.80 bits per heavy atom. The summed E-state index contributed by atoms with van der Waals surface area (Å²) in [6, 6.07) is 10.3. The van der Waals surface area contributed by atoms with Gasteiger partial charge in [-0.05, 0) is 49.5 Å². The summed E-state index contributed by atoms with van der Waals surface area (Å²) in [5.74, 6) is 1.58. The lowest BCUT2D eigenvalue weighted by Crippen LogP contribution is -2.48. The van der Waals surface area contributed by atoms with Crippen LogP contribution in [0.1, 0.15) is 56.4 Å². The summed E-state index contributed by atoms with van der Waals surface area (Å²) in [6.45, 7) is 1.49. The zero-order valence-corrected chi connectivity index (χ0v) is 14.8. The molecule has 4 rings (SSSR count). The maximum atomic E-state index is 12.7. The van der Waals surface area contributed by atoms with Crippen LogP contribution in [0.25, 0.3) is 0 Å². The van der Waals surface area contributed by atoms with Crippen LogP contribution in [-0.4, -0.2) is 35.8 Å². The Hall–Kier alpha value is -1.84. The molecule has 0 bridgehead atoms. The summed E-state index contributed by atoms with van der Waals surface area (Å²) in [4.78, 5) is 27.2. The molecule has 0 aromatic heterocycles. The summed E-state index contributed by atoms with van der Waals surface area (Å²) < 4.78 is 0. The highest BCUT2D eigenvalue weighted by Crippen LogP contribution is 2.46. The smallest absolute Gasteiger partial charge is 0.242 e. The third kappa shape index (κ3) is 3.58. The minimum Gasteiger partial charge on any atom is -0.354 e. The van der Waals surface area contributed by atoms with Crippen molar-refractivity contribution in [3.8, 4) is 0 Å². The van der Waals surface area contributed by atoms with Crippen molar-refractivity contribution >= 4 is 11.8 Å². The number of rotatable bonds is 5. The van der Waals surface area contributed by atoms with Gasteiger partial charge in [0, 0.05) is 19.0 Å². The average molecular weight is 340 g/mol. The van der Waals surface area contributed by atoms with E-state index in [-0.39, 0.29) is 23.8 Å². The monoisotopic (exact) mass is 340 g/mol. The number of amides is 2. The van der Waals surface area contributed by atoms with E-state index in [1.54, 1.807) is 0 Å². The standard InChI is InChI=1S/C21H28N2O2/c24-20(22-14-17-13-18(17)15-7-2-1-3-8-15)19-11-6-12-23(19)21(25)16-9-4-5-10-16/h1-3,7-8,16-19H,4-6,9-14H2,(H,22,24)/t17-,18-,19+/m0/s1. The minimum atomic E-state index is -0.234. The molecular formula is C21H28N2O2. The summed E-state index contributed by atoms with van der Waals surface area (Å²) >= 11 is 0. The number of likely N-dealkylation sites (tertiary alicyclic amines) is 1. The lowest BCUT2D eigenvalue weighted by molar-refractivity contribution is -0.141. The van der Waals surface area contributed by atoms with Crippen LogP contribution in [-0.2, 0) is 9.59 Å². The molecule has 2 saturated carbocycles. The van der Waals surface area contributed by atoms with Crippen molar-refractivity contribution in [1.29, 1.82) is 0 Å². The van der Waals surface area contributed by atoms with Crippen molar-refractivity contribution in [2.75, 3.05) is 13.1 Å². The van der Waals surface area contributed by atoms with Gasteiger partial charge in [-0.15, -0.1) is 0 Å². The normalized spacial score (nSPS) is 29.0. The van der Waals surface area contributed by atoms with E-state index in [0.717, 1.165) is 58.0 Å². The van der Waals surface area contributed by atoms with Crippen LogP contribution in [0.2, 0.25) is 0 Å². The van der Waals surface area contributed by atoms with Crippen molar-refractivity contribution < 1.29 is 9.59 Å². The summed E-state index contributed by atoms with van der Waals surface area (Å²) in [6.07, 6.45) is 7.24. The predicted molar refractivity (Wildman–Crippen MR) is 97.0 cm³/mol. The number of nitrogens with one attached hydrogen (secondary N) is 1. The predicted octanol–water partition coefficient (Wildman–Crippen LogP) is 3.09. The Kier molecular flexibility index (Phi) is 4.78. The second kappa shape index (κ2) is 7.19. The average Bonchev–Trinajstić information content (AvgIpc) is 3.05. The number of carbonyl (C=O) groups is 2. The first kappa shape index (κ1) is 16.6. The van der Waals surface area contributed by atoms with Crippen molar-refractivity contribution in [1.82, 2.24) is 10.2 Å². The molecule has 1 aromatic rings. The Bertz CT molecular complexity index is 624. The highest BCUT2D eigenvalue weighted by Gasteiger charge is 2.40. The minimum absolute atomic E-state index is 0.0579. The first-order valence-electron chi connectivity index (χ1n) is 9.87. The quantitative estimate of drug-likeness (QED) is 0.895. The molecule has 3 aliphatic rings. The molecule has 25 heavy (non-hydrogen) atoms. The van der Waals surface area contributed by atoms with E-state index >= 15 is 0 Å². The molecule has 1 aromatic carbocycles. The molecule has 1 N–H and O–H groups in total. The van der Waals surface area contributed by atoms with Gasteiger partial charge in [0.2, 0.25) is 11.8 Å². The third-order valence-electron chi connectivity index (χ3n) is 6.23. The maximum absolute atomic E-state index is 12.7. The number of hydrogen-bond acceptors (Lipinski definition) is 2. The molecule has 2 aliphatic carbocycles. The first-order chi connectivity index (χ1) is 12.2. The largest absolute Gasteiger partial charge is 0.354 e. The summed E-state index contributed by atoms with van der Waals surface area (Å²) in [5.41, 5.74) is 1.38. The first-order valence-corrected chi connectivity index (χ1v) is 9.87. The van der Waals surface area contributed by atoms with Gasteiger partial charge in [-0.2, -0.15) is 0 Å². The molecule has 4 nitrogen and oxygen atoms in total. The van der Waals surface area contributed by atoms with E-state index in [4.69, 9.17) is 0 Å². The Balaban J connectivity index is 1.28. The van der Waals surface area contributed by atoms with Gasteiger partial charge in [-0.3, -0.25) is 9.59 Å². The van der Waals surface area contributed by atoms with E-state index < -0.39 is 0 Å². The van der Waals surface area contributed by atoms with Crippen LogP contribution >= 0.6 is 0 Å². The van der Waals surface area contributed by atoms with Crippen LogP contribution < -0.4 is 5.32 Å². The van der Waals surface area contributed by atoms with Crippen molar-refractivity contribution in [3.63, 3.8) is 0 Å². The third-order valence-corrected chi connectivity index (χ3v) is 6.23. The molecule has 3 atom stereocenters. The Morgan fingerprint density at radius 3 is 2.56 bits per heavy atom.